The van der Waals surface area contributed by atoms with E-state index in [0.29, 0.717) is 10.2 Å². The lowest BCUT2D eigenvalue weighted by atomic mass is 10.00. The van der Waals surface area contributed by atoms with Crippen LogP contribution in [0.1, 0.15) is 38.3 Å². The largest absolute Gasteiger partial charge is 0.404 e. The van der Waals surface area contributed by atoms with Gasteiger partial charge in [0, 0.05) is 12.6 Å². The second kappa shape index (κ2) is 6.55. The second-order valence-corrected chi connectivity index (χ2v) is 6.08. The number of amides is 1. The lowest BCUT2D eigenvalue weighted by Crippen LogP contribution is -2.45. The average Bonchev–Trinajstić information content (AvgIpc) is 2.75. The van der Waals surface area contributed by atoms with Crippen molar-refractivity contribution in [3.63, 3.8) is 0 Å². The van der Waals surface area contributed by atoms with E-state index in [1.54, 1.807) is 6.92 Å². The smallest absolute Gasteiger partial charge is 0.358 e. The van der Waals surface area contributed by atoms with Crippen LogP contribution in [-0.2, 0) is 11.3 Å². The molecule has 0 radical (unpaired) electrons. The molecule has 1 amide bonds. The molecule has 1 aromatic rings. The summed E-state index contributed by atoms with van der Waals surface area (Å²) >= 11 is 3.16. The molecular weight excluding hydrogens is 340 g/mol. The fourth-order valence-corrected chi connectivity index (χ4v) is 3.18. The number of likely N-dealkylation sites (tertiary alicyclic amines) is 1. The van der Waals surface area contributed by atoms with Crippen molar-refractivity contribution in [2.75, 3.05) is 6.54 Å². The van der Waals surface area contributed by atoms with Gasteiger partial charge >= 0.3 is 5.82 Å². The lowest BCUT2D eigenvalue weighted by molar-refractivity contribution is -0.390. The molecule has 0 aliphatic carbocycles. The number of hydrogen-bond acceptors (Lipinski definition) is 4. The highest BCUT2D eigenvalue weighted by Crippen LogP contribution is 2.27. The Morgan fingerprint density at radius 1 is 1.52 bits per heavy atom. The molecule has 116 valence electrons. The third kappa shape index (κ3) is 3.25. The summed E-state index contributed by atoms with van der Waals surface area (Å²) in [6, 6.07) is 0.278. The van der Waals surface area contributed by atoms with Crippen LogP contribution >= 0.6 is 15.9 Å². The van der Waals surface area contributed by atoms with Crippen LogP contribution in [-0.4, -0.2) is 38.1 Å². The number of halogens is 1. The number of aromatic nitrogens is 2. The van der Waals surface area contributed by atoms with Crippen LogP contribution in [0.5, 0.6) is 0 Å². The van der Waals surface area contributed by atoms with Crippen LogP contribution in [0.4, 0.5) is 5.82 Å². The molecule has 0 unspecified atom stereocenters. The maximum Gasteiger partial charge on any atom is 0.404 e. The molecule has 2 rings (SSSR count). The van der Waals surface area contributed by atoms with Crippen LogP contribution in [0, 0.1) is 17.0 Å². The maximum absolute atomic E-state index is 12.5. The Labute approximate surface area is 131 Å². The molecule has 0 aromatic carbocycles. The summed E-state index contributed by atoms with van der Waals surface area (Å²) in [6.07, 6.45) is 4.14. The van der Waals surface area contributed by atoms with Gasteiger partial charge in [-0.2, -0.15) is 4.68 Å². The van der Waals surface area contributed by atoms with Crippen LogP contribution in [0.25, 0.3) is 0 Å². The molecule has 7 nitrogen and oxygen atoms in total. The van der Waals surface area contributed by atoms with Crippen LogP contribution in [0.3, 0.4) is 0 Å². The van der Waals surface area contributed by atoms with Gasteiger partial charge in [0.25, 0.3) is 0 Å². The fraction of sp³-hybridized carbons (Fsp3) is 0.692. The van der Waals surface area contributed by atoms with E-state index in [-0.39, 0.29) is 24.3 Å². The highest BCUT2D eigenvalue weighted by atomic mass is 79.9. The van der Waals surface area contributed by atoms with Crippen LogP contribution in [0.2, 0.25) is 0 Å². The Morgan fingerprint density at radius 2 is 2.24 bits per heavy atom. The highest BCUT2D eigenvalue weighted by Gasteiger charge is 2.29. The van der Waals surface area contributed by atoms with E-state index in [2.05, 4.69) is 28.0 Å². The van der Waals surface area contributed by atoms with Gasteiger partial charge in [0.05, 0.1) is 10.8 Å². The van der Waals surface area contributed by atoms with Crippen molar-refractivity contribution in [1.82, 2.24) is 14.7 Å². The SMILES string of the molecule is CC[C@H]1CCCCN1C(=O)Cn1nc([N+](=O)[O-])c(Br)c1C. The summed E-state index contributed by atoms with van der Waals surface area (Å²) < 4.78 is 1.75. The Balaban J connectivity index is 2.16. The zero-order valence-electron chi connectivity index (χ0n) is 12.2. The summed E-state index contributed by atoms with van der Waals surface area (Å²) in [6.45, 7) is 4.61. The number of piperidine rings is 1. The Bertz CT molecular complexity index is 558. The van der Waals surface area contributed by atoms with Gasteiger partial charge in [-0.3, -0.25) is 4.79 Å². The molecule has 1 aliphatic heterocycles. The molecule has 0 spiro atoms. The standard InChI is InChI=1S/C13H19BrN4O3/c1-3-10-6-4-5-7-16(10)11(19)8-17-9(2)12(14)13(15-17)18(20)21/h10H,3-8H2,1-2H3/t10-/m0/s1. The summed E-state index contributed by atoms with van der Waals surface area (Å²) in [5.41, 5.74) is 0.597. The van der Waals surface area contributed by atoms with Crippen molar-refractivity contribution in [2.45, 2.75) is 52.1 Å². The van der Waals surface area contributed by atoms with Gasteiger partial charge in [-0.25, -0.2) is 0 Å². The molecule has 8 heteroatoms. The van der Waals surface area contributed by atoms with Crippen molar-refractivity contribution in [3.05, 3.63) is 20.3 Å². The number of hydrogen-bond donors (Lipinski definition) is 0. The molecular formula is C13H19BrN4O3. The van der Waals surface area contributed by atoms with E-state index in [1.807, 2.05) is 4.90 Å². The lowest BCUT2D eigenvalue weighted by Gasteiger charge is -2.35. The predicted octanol–water partition coefficient (Wildman–Crippen LogP) is 2.65. The number of carbonyl (C=O) groups is 1. The average molecular weight is 359 g/mol. The molecule has 0 N–H and O–H groups in total. The van der Waals surface area contributed by atoms with Gasteiger partial charge in [-0.05, 0) is 53.5 Å². The predicted molar refractivity (Wildman–Crippen MR) is 81.0 cm³/mol. The molecule has 21 heavy (non-hydrogen) atoms. The number of nitrogens with zero attached hydrogens (tertiary/aromatic N) is 4. The Kier molecular flexibility index (Phi) is 4.97. The van der Waals surface area contributed by atoms with E-state index in [4.69, 9.17) is 0 Å². The summed E-state index contributed by atoms with van der Waals surface area (Å²) in [5, 5.41) is 14.8. The second-order valence-electron chi connectivity index (χ2n) is 5.28. The van der Waals surface area contributed by atoms with Crippen molar-refractivity contribution in [3.8, 4) is 0 Å². The summed E-state index contributed by atoms with van der Waals surface area (Å²) in [5.74, 6) is -0.263. The van der Waals surface area contributed by atoms with Crippen molar-refractivity contribution < 1.29 is 9.72 Å². The van der Waals surface area contributed by atoms with E-state index < -0.39 is 4.92 Å². The fourth-order valence-electron chi connectivity index (χ4n) is 2.75. The number of rotatable bonds is 4. The van der Waals surface area contributed by atoms with Gasteiger partial charge in [-0.15, -0.1) is 0 Å². The van der Waals surface area contributed by atoms with Gasteiger partial charge in [-0.1, -0.05) is 6.92 Å². The van der Waals surface area contributed by atoms with Crippen LogP contribution < -0.4 is 0 Å². The maximum atomic E-state index is 12.5. The summed E-state index contributed by atoms with van der Waals surface area (Å²) in [7, 11) is 0. The number of carbonyl (C=O) groups excluding carboxylic acids is 1. The molecule has 1 fully saturated rings. The summed E-state index contributed by atoms with van der Waals surface area (Å²) in [4.78, 5) is 24.7. The first kappa shape index (κ1) is 15.9. The Morgan fingerprint density at radius 3 is 2.81 bits per heavy atom. The van der Waals surface area contributed by atoms with Gasteiger partial charge < -0.3 is 15.0 Å². The van der Waals surface area contributed by atoms with Crippen molar-refractivity contribution >= 4 is 27.7 Å². The first-order valence-corrected chi connectivity index (χ1v) is 7.91. The molecule has 0 saturated carbocycles. The van der Waals surface area contributed by atoms with Gasteiger partial charge in [0.2, 0.25) is 5.91 Å². The molecule has 1 atom stereocenters. The first-order chi connectivity index (χ1) is 9.95. The first-order valence-electron chi connectivity index (χ1n) is 7.12. The normalized spacial score (nSPS) is 18.8. The molecule has 1 aromatic heterocycles. The minimum absolute atomic E-state index is 0.0189. The molecule has 1 aliphatic rings. The van der Waals surface area contributed by atoms with Crippen molar-refractivity contribution in [2.24, 2.45) is 0 Å². The van der Waals surface area contributed by atoms with Gasteiger partial charge in [0.15, 0.2) is 0 Å². The van der Waals surface area contributed by atoms with E-state index in [9.17, 15) is 14.9 Å². The third-order valence-electron chi connectivity index (χ3n) is 3.99. The topological polar surface area (TPSA) is 81.3 Å². The van der Waals surface area contributed by atoms with Crippen LogP contribution in [0.15, 0.2) is 4.47 Å². The minimum atomic E-state index is -0.548. The van der Waals surface area contributed by atoms with E-state index in [0.717, 1.165) is 32.2 Å². The van der Waals surface area contributed by atoms with Crippen molar-refractivity contribution in [1.29, 1.82) is 0 Å². The monoisotopic (exact) mass is 358 g/mol. The molecule has 1 saturated heterocycles. The molecule has 2 heterocycles. The number of nitro groups is 1. The quantitative estimate of drug-likeness (QED) is 0.611. The minimum Gasteiger partial charge on any atom is -0.358 e. The Hall–Kier alpha value is -1.44. The van der Waals surface area contributed by atoms with E-state index >= 15 is 0 Å². The zero-order valence-corrected chi connectivity index (χ0v) is 13.8. The van der Waals surface area contributed by atoms with E-state index in [1.165, 1.54) is 4.68 Å². The third-order valence-corrected chi connectivity index (χ3v) is 4.92. The highest BCUT2D eigenvalue weighted by molar-refractivity contribution is 9.10. The van der Waals surface area contributed by atoms with Gasteiger partial charge in [0.1, 0.15) is 11.0 Å². The zero-order chi connectivity index (χ0) is 15.6. The molecule has 0 bridgehead atoms.